The van der Waals surface area contributed by atoms with Crippen LogP contribution in [0.4, 0.5) is 0 Å². The highest BCUT2D eigenvalue weighted by Crippen LogP contribution is 2.27. The summed E-state index contributed by atoms with van der Waals surface area (Å²) in [6.07, 6.45) is 1.99. The van der Waals surface area contributed by atoms with Gasteiger partial charge in [0.1, 0.15) is 17.5 Å². The van der Waals surface area contributed by atoms with E-state index in [1.54, 1.807) is 0 Å². The summed E-state index contributed by atoms with van der Waals surface area (Å²) in [5, 5.41) is 2.80. The molecule has 6 heteroatoms. The first kappa shape index (κ1) is 9.29. The molecule has 3 heterocycles. The standard InChI is InChI=1S/C10H6N2O3S/c1-5-11-7(4-16-5)10-12-6-3-14-8(2-13)9(6)15-10/h2-4H,1H3. The minimum absolute atomic E-state index is 0.153. The fourth-order valence-corrected chi connectivity index (χ4v) is 2.00. The summed E-state index contributed by atoms with van der Waals surface area (Å²) < 4.78 is 10.4. The number of hydrogen-bond donors (Lipinski definition) is 0. The fraction of sp³-hybridized carbons (Fsp3) is 0.100. The number of aldehydes is 1. The van der Waals surface area contributed by atoms with Crippen molar-refractivity contribution in [3.63, 3.8) is 0 Å². The average Bonchev–Trinajstić information content (AvgIpc) is 2.90. The van der Waals surface area contributed by atoms with Crippen molar-refractivity contribution in [1.82, 2.24) is 9.97 Å². The smallest absolute Gasteiger partial charge is 0.247 e. The minimum atomic E-state index is 0.153. The molecule has 3 aromatic heterocycles. The number of furan rings is 1. The summed E-state index contributed by atoms with van der Waals surface area (Å²) in [5.41, 5.74) is 1.58. The monoisotopic (exact) mass is 234 g/mol. The van der Waals surface area contributed by atoms with Gasteiger partial charge in [0.2, 0.25) is 17.2 Å². The van der Waals surface area contributed by atoms with Crippen LogP contribution in [0.3, 0.4) is 0 Å². The first-order valence-electron chi connectivity index (χ1n) is 4.53. The highest BCUT2D eigenvalue weighted by molar-refractivity contribution is 7.09. The number of rotatable bonds is 2. The van der Waals surface area contributed by atoms with Crippen LogP contribution in [0.5, 0.6) is 0 Å². The molecule has 0 saturated carbocycles. The zero-order valence-corrected chi connectivity index (χ0v) is 9.08. The van der Waals surface area contributed by atoms with E-state index in [1.807, 2.05) is 12.3 Å². The van der Waals surface area contributed by atoms with Gasteiger partial charge in [-0.15, -0.1) is 11.3 Å². The first-order chi connectivity index (χ1) is 7.78. The van der Waals surface area contributed by atoms with Gasteiger partial charge in [0.05, 0.1) is 5.01 Å². The minimum Gasteiger partial charge on any atom is -0.455 e. The van der Waals surface area contributed by atoms with Gasteiger partial charge in [-0.1, -0.05) is 0 Å². The number of oxazole rings is 1. The maximum Gasteiger partial charge on any atom is 0.247 e. The summed E-state index contributed by atoms with van der Waals surface area (Å²) in [4.78, 5) is 19.1. The molecule has 0 unspecified atom stereocenters. The Morgan fingerprint density at radius 1 is 1.44 bits per heavy atom. The molecule has 0 N–H and O–H groups in total. The molecule has 0 atom stereocenters. The lowest BCUT2D eigenvalue weighted by Gasteiger charge is -1.85. The quantitative estimate of drug-likeness (QED) is 0.637. The molecule has 0 fully saturated rings. The van der Waals surface area contributed by atoms with Crippen LogP contribution in [-0.4, -0.2) is 16.3 Å². The van der Waals surface area contributed by atoms with E-state index in [2.05, 4.69) is 9.97 Å². The molecule has 0 amide bonds. The predicted molar refractivity (Wildman–Crippen MR) is 57.5 cm³/mol. The van der Waals surface area contributed by atoms with Crippen LogP contribution >= 0.6 is 11.3 Å². The Balaban J connectivity index is 2.18. The number of carbonyl (C=O) groups excluding carboxylic acids is 1. The van der Waals surface area contributed by atoms with Crippen molar-refractivity contribution in [3.05, 3.63) is 22.4 Å². The van der Waals surface area contributed by atoms with E-state index in [4.69, 9.17) is 8.83 Å². The summed E-state index contributed by atoms with van der Waals surface area (Å²) in [5.74, 6) is 0.564. The van der Waals surface area contributed by atoms with E-state index in [-0.39, 0.29) is 5.76 Å². The number of carbonyl (C=O) groups is 1. The topological polar surface area (TPSA) is 69.1 Å². The molecule has 0 saturated heterocycles. The van der Waals surface area contributed by atoms with Gasteiger partial charge in [0.25, 0.3) is 0 Å². The van der Waals surface area contributed by atoms with Gasteiger partial charge in [-0.3, -0.25) is 4.79 Å². The van der Waals surface area contributed by atoms with Crippen molar-refractivity contribution in [3.8, 4) is 11.6 Å². The molecule has 0 spiro atoms. The van der Waals surface area contributed by atoms with Crippen molar-refractivity contribution in [2.24, 2.45) is 0 Å². The van der Waals surface area contributed by atoms with Crippen LogP contribution in [0.2, 0.25) is 0 Å². The molecule has 0 aliphatic carbocycles. The number of aryl methyl sites for hydroxylation is 1. The van der Waals surface area contributed by atoms with Gasteiger partial charge in [-0.25, -0.2) is 9.97 Å². The predicted octanol–water partition coefficient (Wildman–Crippen LogP) is 2.67. The SMILES string of the molecule is Cc1nc(-c2nc3coc(C=O)c3o2)cs1. The third-order valence-corrected chi connectivity index (χ3v) is 2.89. The molecule has 0 aliphatic rings. The summed E-state index contributed by atoms with van der Waals surface area (Å²) >= 11 is 1.52. The summed E-state index contributed by atoms with van der Waals surface area (Å²) in [6, 6.07) is 0. The van der Waals surface area contributed by atoms with E-state index in [0.717, 1.165) is 5.01 Å². The van der Waals surface area contributed by atoms with E-state index in [9.17, 15) is 4.79 Å². The van der Waals surface area contributed by atoms with E-state index in [0.29, 0.717) is 29.0 Å². The van der Waals surface area contributed by atoms with Crippen molar-refractivity contribution in [1.29, 1.82) is 0 Å². The second-order valence-corrected chi connectivity index (χ2v) is 4.27. The zero-order chi connectivity index (χ0) is 11.1. The van der Waals surface area contributed by atoms with E-state index in [1.165, 1.54) is 17.6 Å². The highest BCUT2D eigenvalue weighted by Gasteiger charge is 2.16. The van der Waals surface area contributed by atoms with Crippen molar-refractivity contribution in [2.75, 3.05) is 0 Å². The second-order valence-electron chi connectivity index (χ2n) is 3.20. The molecule has 3 aromatic rings. The normalized spacial score (nSPS) is 11.1. The van der Waals surface area contributed by atoms with Crippen molar-refractivity contribution < 1.29 is 13.6 Å². The molecule has 0 radical (unpaired) electrons. The maximum absolute atomic E-state index is 10.6. The molecular formula is C10H6N2O3S. The molecular weight excluding hydrogens is 228 g/mol. The third kappa shape index (κ3) is 1.27. The lowest BCUT2D eigenvalue weighted by atomic mass is 10.4. The highest BCUT2D eigenvalue weighted by atomic mass is 32.1. The lowest BCUT2D eigenvalue weighted by Crippen LogP contribution is -1.77. The fourth-order valence-electron chi connectivity index (χ4n) is 1.41. The average molecular weight is 234 g/mol. The van der Waals surface area contributed by atoms with Gasteiger partial charge >= 0.3 is 0 Å². The van der Waals surface area contributed by atoms with Crippen LogP contribution < -0.4 is 0 Å². The Bertz CT molecular complexity index is 665. The van der Waals surface area contributed by atoms with Crippen LogP contribution in [0.25, 0.3) is 22.7 Å². The molecule has 0 aliphatic heterocycles. The Morgan fingerprint density at radius 3 is 3.00 bits per heavy atom. The molecule has 0 aromatic carbocycles. The number of aromatic nitrogens is 2. The van der Waals surface area contributed by atoms with Gasteiger partial charge in [-0.05, 0) is 6.92 Å². The Hall–Kier alpha value is -1.95. The van der Waals surface area contributed by atoms with Crippen LogP contribution in [0, 0.1) is 6.92 Å². The lowest BCUT2D eigenvalue weighted by molar-refractivity contribution is 0.110. The number of nitrogens with zero attached hydrogens (tertiary/aromatic N) is 2. The Kier molecular flexibility index (Phi) is 1.90. The number of hydrogen-bond acceptors (Lipinski definition) is 6. The van der Waals surface area contributed by atoms with Crippen molar-refractivity contribution in [2.45, 2.75) is 6.92 Å². The van der Waals surface area contributed by atoms with Crippen LogP contribution in [0.1, 0.15) is 15.6 Å². The van der Waals surface area contributed by atoms with Gasteiger partial charge in [-0.2, -0.15) is 0 Å². The molecule has 5 nitrogen and oxygen atoms in total. The third-order valence-electron chi connectivity index (χ3n) is 2.12. The number of fused-ring (bicyclic) bond motifs is 1. The molecule has 80 valence electrons. The van der Waals surface area contributed by atoms with Gasteiger partial charge < -0.3 is 8.83 Å². The van der Waals surface area contributed by atoms with Crippen LogP contribution in [0.15, 0.2) is 20.5 Å². The van der Waals surface area contributed by atoms with E-state index < -0.39 is 0 Å². The van der Waals surface area contributed by atoms with Crippen molar-refractivity contribution >= 4 is 28.7 Å². The van der Waals surface area contributed by atoms with Crippen LogP contribution in [-0.2, 0) is 0 Å². The van der Waals surface area contributed by atoms with Gasteiger partial charge in [0, 0.05) is 5.38 Å². The number of thiazole rings is 1. The molecule has 0 bridgehead atoms. The Morgan fingerprint density at radius 2 is 2.31 bits per heavy atom. The zero-order valence-electron chi connectivity index (χ0n) is 8.26. The molecule has 3 rings (SSSR count). The maximum atomic E-state index is 10.6. The Labute approximate surface area is 93.7 Å². The largest absolute Gasteiger partial charge is 0.455 e. The summed E-state index contributed by atoms with van der Waals surface area (Å²) in [7, 11) is 0. The van der Waals surface area contributed by atoms with Gasteiger partial charge in [0.15, 0.2) is 6.29 Å². The first-order valence-corrected chi connectivity index (χ1v) is 5.41. The second kappa shape index (κ2) is 3.28. The molecule has 16 heavy (non-hydrogen) atoms. The summed E-state index contributed by atoms with van der Waals surface area (Å²) in [6.45, 7) is 1.91. The van der Waals surface area contributed by atoms with E-state index >= 15 is 0 Å².